The first-order chi connectivity index (χ1) is 4.93. The van der Waals surface area contributed by atoms with Crippen LogP contribution in [0.3, 0.4) is 0 Å². The zero-order chi connectivity index (χ0) is 7.23. The van der Waals surface area contributed by atoms with Crippen LogP contribution in [-0.4, -0.2) is 11.0 Å². The summed E-state index contributed by atoms with van der Waals surface area (Å²) in [7, 11) is 0. The number of rotatable bonds is 4. The molecule has 1 unspecified atom stereocenters. The minimum Gasteiger partial charge on any atom is -0.154 e. The summed E-state index contributed by atoms with van der Waals surface area (Å²) >= 11 is 2.12. The summed E-state index contributed by atoms with van der Waals surface area (Å²) in [6, 6.07) is 0. The van der Waals surface area contributed by atoms with Crippen molar-refractivity contribution in [2.24, 2.45) is 0 Å². The minimum absolute atomic E-state index is 0.853. The molecule has 1 aliphatic carbocycles. The summed E-state index contributed by atoms with van der Waals surface area (Å²) in [6.07, 6.45) is 10.1. The maximum absolute atomic E-state index is 2.36. The van der Waals surface area contributed by atoms with Gasteiger partial charge in [-0.1, -0.05) is 25.5 Å². The molecule has 0 amide bonds. The van der Waals surface area contributed by atoms with Crippen LogP contribution in [-0.2, 0) is 0 Å². The van der Waals surface area contributed by atoms with Crippen LogP contribution in [0.4, 0.5) is 0 Å². The maximum atomic E-state index is 2.36. The average Bonchev–Trinajstić information content (AvgIpc) is 2.41. The van der Waals surface area contributed by atoms with E-state index in [-0.39, 0.29) is 0 Å². The number of hydrogen-bond donors (Lipinski definition) is 0. The predicted octanol–water partition coefficient (Wildman–Crippen LogP) is 3.24. The molecule has 0 aliphatic heterocycles. The SMILES string of the molecule is CCCCSC1C=CCC1. The molecule has 58 valence electrons. The van der Waals surface area contributed by atoms with Crippen molar-refractivity contribution in [3.63, 3.8) is 0 Å². The molecule has 1 aliphatic rings. The molecule has 1 atom stereocenters. The highest BCUT2D eigenvalue weighted by Crippen LogP contribution is 2.23. The molecule has 0 radical (unpaired) electrons. The Kier molecular flexibility index (Phi) is 3.96. The highest BCUT2D eigenvalue weighted by Gasteiger charge is 2.07. The molecule has 0 spiro atoms. The third-order valence-corrected chi connectivity index (χ3v) is 3.14. The van der Waals surface area contributed by atoms with Gasteiger partial charge >= 0.3 is 0 Å². The van der Waals surface area contributed by atoms with Gasteiger partial charge in [-0.3, -0.25) is 0 Å². The van der Waals surface area contributed by atoms with Crippen LogP contribution >= 0.6 is 11.8 Å². The molecule has 0 aromatic carbocycles. The molecule has 1 rings (SSSR count). The van der Waals surface area contributed by atoms with Crippen LogP contribution in [0.2, 0.25) is 0 Å². The Bertz CT molecular complexity index is 107. The molecule has 0 aromatic rings. The van der Waals surface area contributed by atoms with E-state index in [2.05, 4.69) is 30.8 Å². The second kappa shape index (κ2) is 4.84. The summed E-state index contributed by atoms with van der Waals surface area (Å²) < 4.78 is 0. The lowest BCUT2D eigenvalue weighted by Crippen LogP contribution is -1.93. The fourth-order valence-electron chi connectivity index (χ4n) is 1.12. The lowest BCUT2D eigenvalue weighted by atomic mass is 10.4. The third-order valence-electron chi connectivity index (χ3n) is 1.80. The first-order valence-corrected chi connectivity index (χ1v) is 5.26. The van der Waals surface area contributed by atoms with E-state index in [4.69, 9.17) is 0 Å². The molecule has 0 fully saturated rings. The molecule has 0 N–H and O–H groups in total. The van der Waals surface area contributed by atoms with Crippen LogP contribution < -0.4 is 0 Å². The topological polar surface area (TPSA) is 0 Å². The zero-order valence-corrected chi connectivity index (χ0v) is 7.49. The van der Waals surface area contributed by atoms with Gasteiger partial charge in [0.1, 0.15) is 0 Å². The van der Waals surface area contributed by atoms with E-state index in [1.165, 1.54) is 31.4 Å². The Hall–Kier alpha value is 0.0900. The molecular formula is C9H16S. The maximum Gasteiger partial charge on any atom is 0.0230 e. The molecule has 10 heavy (non-hydrogen) atoms. The van der Waals surface area contributed by atoms with Crippen molar-refractivity contribution in [3.8, 4) is 0 Å². The lowest BCUT2D eigenvalue weighted by molar-refractivity contribution is 0.886. The highest BCUT2D eigenvalue weighted by molar-refractivity contribution is 8.00. The van der Waals surface area contributed by atoms with Crippen molar-refractivity contribution >= 4 is 11.8 Å². The molecular weight excluding hydrogens is 140 g/mol. The van der Waals surface area contributed by atoms with Gasteiger partial charge in [0.2, 0.25) is 0 Å². The summed E-state index contributed by atoms with van der Waals surface area (Å²) in [6.45, 7) is 2.26. The quantitative estimate of drug-likeness (QED) is 0.445. The van der Waals surface area contributed by atoms with E-state index in [9.17, 15) is 0 Å². The van der Waals surface area contributed by atoms with Crippen molar-refractivity contribution in [3.05, 3.63) is 12.2 Å². The van der Waals surface area contributed by atoms with Gasteiger partial charge in [-0.15, -0.1) is 0 Å². The fourth-order valence-corrected chi connectivity index (χ4v) is 2.41. The van der Waals surface area contributed by atoms with Gasteiger partial charge in [-0.25, -0.2) is 0 Å². The largest absolute Gasteiger partial charge is 0.154 e. The lowest BCUT2D eigenvalue weighted by Gasteiger charge is -2.04. The number of allylic oxidation sites excluding steroid dienone is 1. The van der Waals surface area contributed by atoms with Gasteiger partial charge in [0.25, 0.3) is 0 Å². The summed E-state index contributed by atoms with van der Waals surface area (Å²) in [5.41, 5.74) is 0. The Morgan fingerprint density at radius 1 is 1.60 bits per heavy atom. The highest BCUT2D eigenvalue weighted by atomic mass is 32.2. The van der Waals surface area contributed by atoms with Crippen molar-refractivity contribution in [2.45, 2.75) is 37.9 Å². The molecule has 0 bridgehead atoms. The second-order valence-corrected chi connectivity index (χ2v) is 4.12. The van der Waals surface area contributed by atoms with Crippen LogP contribution in [0.5, 0.6) is 0 Å². The fraction of sp³-hybridized carbons (Fsp3) is 0.778. The summed E-state index contributed by atoms with van der Waals surface area (Å²) in [5, 5.41) is 0.853. The van der Waals surface area contributed by atoms with E-state index in [1.54, 1.807) is 0 Å². The molecule has 0 aromatic heterocycles. The first-order valence-electron chi connectivity index (χ1n) is 4.21. The van der Waals surface area contributed by atoms with Crippen molar-refractivity contribution in [2.75, 3.05) is 5.75 Å². The van der Waals surface area contributed by atoms with Crippen LogP contribution in [0.25, 0.3) is 0 Å². The molecule has 1 heteroatoms. The predicted molar refractivity (Wildman–Crippen MR) is 49.5 cm³/mol. The Labute approximate surface area is 68.1 Å². The van der Waals surface area contributed by atoms with Crippen molar-refractivity contribution in [1.82, 2.24) is 0 Å². The molecule has 0 saturated carbocycles. The Balaban J connectivity index is 1.97. The Morgan fingerprint density at radius 3 is 3.10 bits per heavy atom. The first kappa shape index (κ1) is 8.19. The summed E-state index contributed by atoms with van der Waals surface area (Å²) in [5.74, 6) is 1.35. The van der Waals surface area contributed by atoms with E-state index in [0.29, 0.717) is 0 Å². The van der Waals surface area contributed by atoms with Crippen LogP contribution in [0.1, 0.15) is 32.6 Å². The van der Waals surface area contributed by atoms with Crippen LogP contribution in [0, 0.1) is 0 Å². The monoisotopic (exact) mass is 156 g/mol. The minimum atomic E-state index is 0.853. The standard InChI is InChI=1S/C9H16S/c1-2-3-8-10-9-6-4-5-7-9/h4,6,9H,2-3,5,7-8H2,1H3. The molecule has 0 saturated heterocycles. The van der Waals surface area contributed by atoms with Crippen molar-refractivity contribution in [1.29, 1.82) is 0 Å². The molecule has 0 nitrogen and oxygen atoms in total. The molecule has 0 heterocycles. The van der Waals surface area contributed by atoms with E-state index in [0.717, 1.165) is 5.25 Å². The van der Waals surface area contributed by atoms with E-state index < -0.39 is 0 Å². The van der Waals surface area contributed by atoms with E-state index in [1.807, 2.05) is 0 Å². The van der Waals surface area contributed by atoms with Gasteiger partial charge in [-0.05, 0) is 25.0 Å². The Morgan fingerprint density at radius 2 is 2.50 bits per heavy atom. The second-order valence-electron chi connectivity index (χ2n) is 2.77. The van der Waals surface area contributed by atoms with Gasteiger partial charge in [0, 0.05) is 5.25 Å². The van der Waals surface area contributed by atoms with Gasteiger partial charge in [0.05, 0.1) is 0 Å². The zero-order valence-electron chi connectivity index (χ0n) is 6.68. The number of thioether (sulfide) groups is 1. The van der Waals surface area contributed by atoms with Crippen molar-refractivity contribution < 1.29 is 0 Å². The number of hydrogen-bond acceptors (Lipinski definition) is 1. The summed E-state index contributed by atoms with van der Waals surface area (Å²) in [4.78, 5) is 0. The third kappa shape index (κ3) is 2.78. The number of unbranched alkanes of at least 4 members (excludes halogenated alkanes) is 1. The van der Waals surface area contributed by atoms with Gasteiger partial charge in [-0.2, -0.15) is 11.8 Å². The average molecular weight is 156 g/mol. The van der Waals surface area contributed by atoms with E-state index >= 15 is 0 Å². The normalized spacial score (nSPS) is 23.9. The van der Waals surface area contributed by atoms with Gasteiger partial charge in [0.15, 0.2) is 0 Å². The smallest absolute Gasteiger partial charge is 0.0230 e. The van der Waals surface area contributed by atoms with Crippen LogP contribution in [0.15, 0.2) is 12.2 Å². The van der Waals surface area contributed by atoms with Gasteiger partial charge < -0.3 is 0 Å².